The van der Waals surface area contributed by atoms with Gasteiger partial charge in [0.2, 0.25) is 0 Å². The summed E-state index contributed by atoms with van der Waals surface area (Å²) in [5.41, 5.74) is 4.20. The van der Waals surface area contributed by atoms with Crippen LogP contribution in [0.15, 0.2) is 48.5 Å². The molecule has 0 radical (unpaired) electrons. The first-order valence-electron chi connectivity index (χ1n) is 6.76. The van der Waals surface area contributed by atoms with E-state index in [0.29, 0.717) is 6.42 Å². The lowest BCUT2D eigenvalue weighted by molar-refractivity contribution is 0.168. The highest BCUT2D eigenvalue weighted by Gasteiger charge is 2.32. The second kappa shape index (κ2) is 4.18. The van der Waals surface area contributed by atoms with Gasteiger partial charge in [-0.3, -0.25) is 0 Å². The summed E-state index contributed by atoms with van der Waals surface area (Å²) in [6.07, 6.45) is 0.246. The number of aromatic amines is 1. The molecule has 100 valence electrons. The van der Waals surface area contributed by atoms with Crippen LogP contribution < -0.4 is 0 Å². The quantitative estimate of drug-likeness (QED) is 0.697. The molecule has 0 saturated heterocycles. The lowest BCUT2D eigenvalue weighted by atomic mass is 9.96. The molecule has 0 aliphatic heterocycles. The van der Waals surface area contributed by atoms with E-state index in [1.54, 1.807) is 6.07 Å². The Kier molecular flexibility index (Phi) is 2.44. The van der Waals surface area contributed by atoms with E-state index < -0.39 is 6.10 Å². The summed E-state index contributed by atoms with van der Waals surface area (Å²) in [4.78, 5) is 3.31. The van der Waals surface area contributed by atoms with E-state index in [-0.39, 0.29) is 11.7 Å². The Hall–Kier alpha value is -2.13. The van der Waals surface area contributed by atoms with Crippen LogP contribution in [0.1, 0.15) is 22.7 Å². The van der Waals surface area contributed by atoms with Crippen LogP contribution in [0, 0.1) is 5.82 Å². The van der Waals surface area contributed by atoms with Crippen LogP contribution in [0.2, 0.25) is 0 Å². The van der Waals surface area contributed by atoms with Gasteiger partial charge < -0.3 is 10.1 Å². The van der Waals surface area contributed by atoms with Crippen molar-refractivity contribution in [2.24, 2.45) is 0 Å². The highest BCUT2D eigenvalue weighted by molar-refractivity contribution is 5.80. The summed E-state index contributed by atoms with van der Waals surface area (Å²) in [7, 11) is 0. The average Bonchev–Trinajstić information content (AvgIpc) is 2.97. The molecule has 1 heterocycles. The number of aromatic nitrogens is 1. The Morgan fingerprint density at radius 2 is 1.95 bits per heavy atom. The molecule has 1 aliphatic rings. The van der Waals surface area contributed by atoms with Crippen molar-refractivity contribution >= 4 is 10.9 Å². The number of nitrogens with one attached hydrogen (secondary N) is 1. The monoisotopic (exact) mass is 267 g/mol. The fourth-order valence-electron chi connectivity index (χ4n) is 3.24. The van der Waals surface area contributed by atoms with Gasteiger partial charge in [0, 0.05) is 16.6 Å². The minimum absolute atomic E-state index is 0.0540. The molecule has 1 aromatic heterocycles. The van der Waals surface area contributed by atoms with E-state index in [1.165, 1.54) is 17.7 Å². The van der Waals surface area contributed by atoms with Crippen LogP contribution >= 0.6 is 0 Å². The molecule has 2 atom stereocenters. The zero-order valence-electron chi connectivity index (χ0n) is 10.8. The standard InChI is InChI=1S/C17H14FNO/c18-12-5-6-14-11(7-12)8-15(19-14)17-13-4-2-1-3-10(13)9-16(17)20/h1-8,16-17,19-20H,9H2. The molecule has 4 rings (SSSR count). The van der Waals surface area contributed by atoms with Crippen molar-refractivity contribution in [1.29, 1.82) is 0 Å². The lowest BCUT2D eigenvalue weighted by Gasteiger charge is -2.14. The first-order valence-corrected chi connectivity index (χ1v) is 6.76. The molecule has 20 heavy (non-hydrogen) atoms. The van der Waals surface area contributed by atoms with Gasteiger partial charge in [0.1, 0.15) is 5.82 Å². The molecule has 2 nitrogen and oxygen atoms in total. The van der Waals surface area contributed by atoms with Crippen molar-refractivity contribution in [2.75, 3.05) is 0 Å². The summed E-state index contributed by atoms with van der Waals surface area (Å²) < 4.78 is 13.3. The summed E-state index contributed by atoms with van der Waals surface area (Å²) in [6, 6.07) is 14.7. The third-order valence-corrected chi connectivity index (χ3v) is 4.14. The van der Waals surface area contributed by atoms with Gasteiger partial charge in [-0.05, 0) is 41.8 Å². The Labute approximate surface area is 115 Å². The number of hydrogen-bond donors (Lipinski definition) is 2. The third-order valence-electron chi connectivity index (χ3n) is 4.14. The number of H-pyrrole nitrogens is 1. The molecule has 3 aromatic rings. The van der Waals surface area contributed by atoms with Crippen molar-refractivity contribution in [2.45, 2.75) is 18.4 Å². The fraction of sp³-hybridized carbons (Fsp3) is 0.176. The molecule has 2 aromatic carbocycles. The van der Waals surface area contributed by atoms with Gasteiger partial charge in [0.25, 0.3) is 0 Å². The molecule has 0 saturated carbocycles. The molecule has 2 N–H and O–H groups in total. The second-order valence-corrected chi connectivity index (χ2v) is 5.40. The van der Waals surface area contributed by atoms with Crippen LogP contribution in [0.3, 0.4) is 0 Å². The SMILES string of the molecule is OC1Cc2ccccc2C1c1cc2cc(F)ccc2[nH]1. The predicted octanol–water partition coefficient (Wildman–Crippen LogP) is 3.36. The highest BCUT2D eigenvalue weighted by Crippen LogP contribution is 2.38. The maximum absolute atomic E-state index is 13.3. The fourth-order valence-corrected chi connectivity index (χ4v) is 3.24. The van der Waals surface area contributed by atoms with Gasteiger partial charge in [-0.2, -0.15) is 0 Å². The van der Waals surface area contributed by atoms with Gasteiger partial charge in [-0.15, -0.1) is 0 Å². The molecule has 0 fully saturated rings. The van der Waals surface area contributed by atoms with E-state index in [9.17, 15) is 9.50 Å². The Bertz CT molecular complexity index is 793. The topological polar surface area (TPSA) is 36.0 Å². The zero-order chi connectivity index (χ0) is 13.7. The van der Waals surface area contributed by atoms with Crippen molar-refractivity contribution in [3.05, 3.63) is 71.2 Å². The zero-order valence-corrected chi connectivity index (χ0v) is 10.8. The van der Waals surface area contributed by atoms with E-state index >= 15 is 0 Å². The van der Waals surface area contributed by atoms with Crippen molar-refractivity contribution in [1.82, 2.24) is 4.98 Å². The van der Waals surface area contributed by atoms with Crippen molar-refractivity contribution in [3.8, 4) is 0 Å². The molecular formula is C17H14FNO. The van der Waals surface area contributed by atoms with E-state index in [2.05, 4.69) is 17.1 Å². The lowest BCUT2D eigenvalue weighted by Crippen LogP contribution is -2.14. The summed E-state index contributed by atoms with van der Waals surface area (Å²) in [5.74, 6) is -0.294. The summed E-state index contributed by atoms with van der Waals surface area (Å²) >= 11 is 0. The minimum Gasteiger partial charge on any atom is -0.392 e. The first kappa shape index (κ1) is 11.7. The van der Waals surface area contributed by atoms with Gasteiger partial charge in [-0.25, -0.2) is 4.39 Å². The number of hydrogen-bond acceptors (Lipinski definition) is 1. The molecule has 0 spiro atoms. The Morgan fingerprint density at radius 3 is 2.85 bits per heavy atom. The maximum Gasteiger partial charge on any atom is 0.123 e. The molecule has 3 heteroatoms. The van der Waals surface area contributed by atoms with E-state index in [1.807, 2.05) is 18.2 Å². The number of aliphatic hydroxyl groups excluding tert-OH is 1. The van der Waals surface area contributed by atoms with Crippen molar-refractivity contribution < 1.29 is 9.50 Å². The second-order valence-electron chi connectivity index (χ2n) is 5.40. The highest BCUT2D eigenvalue weighted by atomic mass is 19.1. The van der Waals surface area contributed by atoms with Crippen LogP contribution in [0.4, 0.5) is 4.39 Å². The molecule has 0 amide bonds. The van der Waals surface area contributed by atoms with E-state index in [4.69, 9.17) is 0 Å². The largest absolute Gasteiger partial charge is 0.392 e. The molecule has 2 unspecified atom stereocenters. The summed E-state index contributed by atoms with van der Waals surface area (Å²) in [5, 5.41) is 11.2. The number of aliphatic hydroxyl groups is 1. The minimum atomic E-state index is -0.426. The predicted molar refractivity (Wildman–Crippen MR) is 76.3 cm³/mol. The van der Waals surface area contributed by atoms with E-state index in [0.717, 1.165) is 22.2 Å². The Balaban J connectivity index is 1.86. The van der Waals surface area contributed by atoms with Gasteiger partial charge in [-0.1, -0.05) is 24.3 Å². The van der Waals surface area contributed by atoms with Gasteiger partial charge in [0.15, 0.2) is 0 Å². The third kappa shape index (κ3) is 1.67. The number of rotatable bonds is 1. The number of fused-ring (bicyclic) bond motifs is 2. The number of benzene rings is 2. The maximum atomic E-state index is 13.3. The van der Waals surface area contributed by atoms with Crippen molar-refractivity contribution in [3.63, 3.8) is 0 Å². The Morgan fingerprint density at radius 1 is 1.10 bits per heavy atom. The number of halogens is 1. The summed E-state index contributed by atoms with van der Waals surface area (Å²) in [6.45, 7) is 0. The van der Waals surface area contributed by atoms with Gasteiger partial charge in [0.05, 0.1) is 12.0 Å². The smallest absolute Gasteiger partial charge is 0.123 e. The normalized spacial score (nSPS) is 21.3. The van der Waals surface area contributed by atoms with Crippen LogP contribution in [0.25, 0.3) is 10.9 Å². The van der Waals surface area contributed by atoms with Gasteiger partial charge >= 0.3 is 0 Å². The van der Waals surface area contributed by atoms with Crippen LogP contribution in [-0.2, 0) is 6.42 Å². The van der Waals surface area contributed by atoms with Crippen LogP contribution in [0.5, 0.6) is 0 Å². The molecule has 0 bridgehead atoms. The molecular weight excluding hydrogens is 253 g/mol. The molecule has 1 aliphatic carbocycles. The first-order chi connectivity index (χ1) is 9.72. The average molecular weight is 267 g/mol. The van der Waals surface area contributed by atoms with Crippen LogP contribution in [-0.4, -0.2) is 16.2 Å².